The van der Waals surface area contributed by atoms with Crippen LogP contribution < -0.4 is 10.3 Å². The molecule has 0 aliphatic heterocycles. The van der Waals surface area contributed by atoms with E-state index in [1.54, 1.807) is 35.1 Å². The van der Waals surface area contributed by atoms with Gasteiger partial charge in [0.15, 0.2) is 10.9 Å². The first-order valence-electron chi connectivity index (χ1n) is 10.4. The number of thioether (sulfide) groups is 1. The maximum Gasteiger partial charge on any atom is 0.267 e. The Labute approximate surface area is 195 Å². The highest BCUT2D eigenvalue weighted by Crippen LogP contribution is 2.31. The van der Waals surface area contributed by atoms with E-state index in [0.29, 0.717) is 27.5 Å². The van der Waals surface area contributed by atoms with Crippen LogP contribution in [0.4, 0.5) is 0 Å². The van der Waals surface area contributed by atoms with E-state index in [1.165, 1.54) is 16.6 Å². The molecule has 4 rings (SSSR count). The van der Waals surface area contributed by atoms with Gasteiger partial charge in [0.1, 0.15) is 10.6 Å². The Bertz CT molecular complexity index is 1310. The number of aryl methyl sites for hydroxylation is 2. The van der Waals surface area contributed by atoms with Crippen molar-refractivity contribution in [3.8, 4) is 11.4 Å². The van der Waals surface area contributed by atoms with Crippen LogP contribution in [0.25, 0.3) is 15.9 Å². The number of fused-ring (bicyclic) bond motifs is 1. The lowest BCUT2D eigenvalue weighted by Gasteiger charge is -2.12. The maximum absolute atomic E-state index is 13.7. The zero-order valence-electron chi connectivity index (χ0n) is 18.3. The smallest absolute Gasteiger partial charge is 0.267 e. The van der Waals surface area contributed by atoms with Crippen molar-refractivity contribution in [2.24, 2.45) is 0 Å². The predicted octanol–water partition coefficient (Wildman–Crippen LogP) is 5.69. The standard InChI is InChI=1S/C25H24N2O3S2/c1-4-8-21-16(2)22-23(32-21)26-25(31-15-20(28)17-9-6-5-7-10-17)27(24(22)29)18-11-13-19(30-3)14-12-18/h5-7,9-14H,4,8,15H2,1-3H3. The second kappa shape index (κ2) is 9.71. The molecule has 164 valence electrons. The van der Waals surface area contributed by atoms with Gasteiger partial charge in [0.25, 0.3) is 5.56 Å². The average Bonchev–Trinajstić information content (AvgIpc) is 3.13. The van der Waals surface area contributed by atoms with Crippen molar-refractivity contribution in [2.45, 2.75) is 31.8 Å². The molecular formula is C25H24N2O3S2. The fourth-order valence-electron chi connectivity index (χ4n) is 3.57. The number of methoxy groups -OCH3 is 1. The highest BCUT2D eigenvalue weighted by atomic mass is 32.2. The minimum atomic E-state index is -0.106. The molecule has 0 fully saturated rings. The number of hydrogen-bond acceptors (Lipinski definition) is 6. The molecular weight excluding hydrogens is 440 g/mol. The maximum atomic E-state index is 13.7. The lowest BCUT2D eigenvalue weighted by Crippen LogP contribution is -2.22. The molecule has 0 amide bonds. The minimum Gasteiger partial charge on any atom is -0.497 e. The van der Waals surface area contributed by atoms with Crippen molar-refractivity contribution in [2.75, 3.05) is 12.9 Å². The van der Waals surface area contributed by atoms with E-state index in [-0.39, 0.29) is 17.1 Å². The van der Waals surface area contributed by atoms with Crippen LogP contribution >= 0.6 is 23.1 Å². The second-order valence-electron chi connectivity index (χ2n) is 7.39. The molecule has 4 aromatic rings. The third-order valence-corrected chi connectivity index (χ3v) is 7.45. The normalized spacial score (nSPS) is 11.1. The molecule has 2 aromatic heterocycles. The van der Waals surface area contributed by atoms with Gasteiger partial charge in [-0.1, -0.05) is 55.4 Å². The third kappa shape index (κ3) is 4.36. The summed E-state index contributed by atoms with van der Waals surface area (Å²) in [7, 11) is 1.61. The molecule has 7 heteroatoms. The topological polar surface area (TPSA) is 61.2 Å². The van der Waals surface area contributed by atoms with E-state index in [9.17, 15) is 9.59 Å². The quantitative estimate of drug-likeness (QED) is 0.190. The Balaban J connectivity index is 1.81. The molecule has 0 atom stereocenters. The summed E-state index contributed by atoms with van der Waals surface area (Å²) in [4.78, 5) is 33.1. The number of Topliss-reactive ketones (excluding diaryl/α,β-unsaturated/α-hetero) is 1. The molecule has 2 heterocycles. The van der Waals surface area contributed by atoms with Crippen molar-refractivity contribution in [3.63, 3.8) is 0 Å². The molecule has 0 unspecified atom stereocenters. The number of thiophene rings is 1. The molecule has 5 nitrogen and oxygen atoms in total. The number of aromatic nitrogens is 2. The van der Waals surface area contributed by atoms with Gasteiger partial charge in [-0.25, -0.2) is 4.98 Å². The van der Waals surface area contributed by atoms with E-state index in [0.717, 1.165) is 23.2 Å². The molecule has 0 spiro atoms. The van der Waals surface area contributed by atoms with Gasteiger partial charge in [0.2, 0.25) is 0 Å². The first kappa shape index (κ1) is 22.3. The van der Waals surface area contributed by atoms with E-state index in [4.69, 9.17) is 9.72 Å². The van der Waals surface area contributed by atoms with E-state index in [1.807, 2.05) is 49.4 Å². The van der Waals surface area contributed by atoms with Crippen molar-refractivity contribution in [1.82, 2.24) is 9.55 Å². The lowest BCUT2D eigenvalue weighted by molar-refractivity contribution is 0.102. The third-order valence-electron chi connectivity index (χ3n) is 5.27. The summed E-state index contributed by atoms with van der Waals surface area (Å²) in [6.07, 6.45) is 1.93. The van der Waals surface area contributed by atoms with Crippen LogP contribution in [-0.2, 0) is 6.42 Å². The van der Waals surface area contributed by atoms with Gasteiger partial charge in [-0.2, -0.15) is 0 Å². The zero-order valence-corrected chi connectivity index (χ0v) is 19.9. The molecule has 2 aromatic carbocycles. The molecule has 0 aliphatic rings. The highest BCUT2D eigenvalue weighted by Gasteiger charge is 2.20. The highest BCUT2D eigenvalue weighted by molar-refractivity contribution is 7.99. The van der Waals surface area contributed by atoms with Crippen LogP contribution in [0.15, 0.2) is 64.5 Å². The fourth-order valence-corrected chi connectivity index (χ4v) is 5.80. The summed E-state index contributed by atoms with van der Waals surface area (Å²) in [5.41, 5.74) is 2.24. The van der Waals surface area contributed by atoms with Gasteiger partial charge in [-0.05, 0) is 43.2 Å². The van der Waals surface area contributed by atoms with E-state index in [2.05, 4.69) is 6.92 Å². The SMILES string of the molecule is CCCc1sc2nc(SCC(=O)c3ccccc3)n(-c3ccc(OC)cc3)c(=O)c2c1C. The molecule has 0 saturated heterocycles. The zero-order chi connectivity index (χ0) is 22.7. The number of rotatable bonds is 8. The van der Waals surface area contributed by atoms with Crippen LogP contribution in [0.1, 0.15) is 34.1 Å². The molecule has 0 radical (unpaired) electrons. The van der Waals surface area contributed by atoms with E-state index < -0.39 is 0 Å². The number of carbonyl (C=O) groups is 1. The Morgan fingerprint density at radius 3 is 2.50 bits per heavy atom. The number of ketones is 1. The summed E-state index contributed by atoms with van der Waals surface area (Å²) in [6, 6.07) is 16.5. The predicted molar refractivity (Wildman–Crippen MR) is 132 cm³/mol. The van der Waals surface area contributed by atoms with Crippen molar-refractivity contribution in [1.29, 1.82) is 0 Å². The molecule has 0 saturated carbocycles. The Kier molecular flexibility index (Phi) is 6.77. The van der Waals surface area contributed by atoms with Crippen LogP contribution in [0.5, 0.6) is 5.75 Å². The first-order valence-corrected chi connectivity index (χ1v) is 12.2. The summed E-state index contributed by atoms with van der Waals surface area (Å²) >= 11 is 2.86. The molecule has 0 aliphatic carbocycles. The van der Waals surface area contributed by atoms with Gasteiger partial charge in [0.05, 0.1) is 23.9 Å². The van der Waals surface area contributed by atoms with Crippen molar-refractivity contribution < 1.29 is 9.53 Å². The Hall–Kier alpha value is -2.90. The van der Waals surface area contributed by atoms with Crippen LogP contribution in [-0.4, -0.2) is 28.2 Å². The summed E-state index contributed by atoms with van der Waals surface area (Å²) in [6.45, 7) is 4.13. The summed E-state index contributed by atoms with van der Waals surface area (Å²) < 4.78 is 6.87. The van der Waals surface area contributed by atoms with Gasteiger partial charge >= 0.3 is 0 Å². The Morgan fingerprint density at radius 2 is 1.84 bits per heavy atom. The van der Waals surface area contributed by atoms with E-state index >= 15 is 0 Å². The first-order chi connectivity index (χ1) is 15.5. The van der Waals surface area contributed by atoms with Gasteiger partial charge in [-0.15, -0.1) is 11.3 Å². The molecule has 32 heavy (non-hydrogen) atoms. The number of ether oxygens (including phenoxy) is 1. The van der Waals surface area contributed by atoms with Crippen LogP contribution in [0.3, 0.4) is 0 Å². The number of benzene rings is 2. The van der Waals surface area contributed by atoms with Crippen molar-refractivity contribution in [3.05, 3.63) is 81.0 Å². The lowest BCUT2D eigenvalue weighted by atomic mass is 10.1. The Morgan fingerprint density at radius 1 is 1.12 bits per heavy atom. The van der Waals surface area contributed by atoms with Crippen LogP contribution in [0.2, 0.25) is 0 Å². The fraction of sp³-hybridized carbons (Fsp3) is 0.240. The number of carbonyl (C=O) groups excluding carboxylic acids is 1. The second-order valence-corrected chi connectivity index (χ2v) is 9.42. The average molecular weight is 465 g/mol. The van der Waals surface area contributed by atoms with Crippen molar-refractivity contribution >= 4 is 39.1 Å². The number of hydrogen-bond donors (Lipinski definition) is 0. The summed E-state index contributed by atoms with van der Waals surface area (Å²) in [5.74, 6) is 0.908. The van der Waals surface area contributed by atoms with Gasteiger partial charge < -0.3 is 4.74 Å². The minimum absolute atomic E-state index is 0.000240. The monoisotopic (exact) mass is 464 g/mol. The number of nitrogens with zero attached hydrogens (tertiary/aromatic N) is 2. The summed E-state index contributed by atoms with van der Waals surface area (Å²) in [5, 5.41) is 1.18. The largest absolute Gasteiger partial charge is 0.497 e. The van der Waals surface area contributed by atoms with Crippen LogP contribution in [0, 0.1) is 6.92 Å². The van der Waals surface area contributed by atoms with Gasteiger partial charge in [0, 0.05) is 10.4 Å². The molecule has 0 bridgehead atoms. The van der Waals surface area contributed by atoms with Gasteiger partial charge in [-0.3, -0.25) is 14.2 Å². The molecule has 0 N–H and O–H groups in total.